The molecular formula is C7H14O4. The first-order valence-corrected chi connectivity index (χ1v) is 3.63. The SMILES string of the molecule is CO[C@H]1CO[C@@H](O)C[C@H]1OC. The topological polar surface area (TPSA) is 47.9 Å². The molecule has 0 aliphatic carbocycles. The second kappa shape index (κ2) is 4.01. The van der Waals surface area contributed by atoms with E-state index >= 15 is 0 Å². The third kappa shape index (κ3) is 2.13. The molecule has 66 valence electrons. The zero-order valence-electron chi connectivity index (χ0n) is 6.82. The molecule has 0 amide bonds. The van der Waals surface area contributed by atoms with Gasteiger partial charge in [-0.15, -0.1) is 0 Å². The number of aliphatic hydroxyl groups excluding tert-OH is 1. The maximum Gasteiger partial charge on any atom is 0.157 e. The second-order valence-electron chi connectivity index (χ2n) is 2.57. The number of rotatable bonds is 2. The van der Waals surface area contributed by atoms with E-state index < -0.39 is 6.29 Å². The Morgan fingerprint density at radius 1 is 1.27 bits per heavy atom. The highest BCUT2D eigenvalue weighted by atomic mass is 16.6. The van der Waals surface area contributed by atoms with Gasteiger partial charge in [-0.1, -0.05) is 0 Å². The van der Waals surface area contributed by atoms with Crippen LogP contribution >= 0.6 is 0 Å². The maximum atomic E-state index is 9.07. The Hall–Kier alpha value is -0.160. The van der Waals surface area contributed by atoms with Crippen LogP contribution in [0.15, 0.2) is 0 Å². The van der Waals surface area contributed by atoms with Gasteiger partial charge in [0.05, 0.1) is 12.7 Å². The Kier molecular flexibility index (Phi) is 3.26. The summed E-state index contributed by atoms with van der Waals surface area (Å²) in [4.78, 5) is 0. The molecule has 0 aromatic rings. The Morgan fingerprint density at radius 3 is 2.45 bits per heavy atom. The molecule has 0 saturated carbocycles. The van der Waals surface area contributed by atoms with Crippen LogP contribution in [0, 0.1) is 0 Å². The molecule has 0 spiro atoms. The molecule has 0 unspecified atom stereocenters. The summed E-state index contributed by atoms with van der Waals surface area (Å²) < 4.78 is 15.1. The van der Waals surface area contributed by atoms with E-state index in [1.54, 1.807) is 14.2 Å². The van der Waals surface area contributed by atoms with Crippen LogP contribution in [0.4, 0.5) is 0 Å². The van der Waals surface area contributed by atoms with Gasteiger partial charge < -0.3 is 19.3 Å². The Morgan fingerprint density at radius 2 is 1.91 bits per heavy atom. The lowest BCUT2D eigenvalue weighted by Crippen LogP contribution is -2.43. The van der Waals surface area contributed by atoms with Gasteiger partial charge in [-0.3, -0.25) is 0 Å². The van der Waals surface area contributed by atoms with Crippen molar-refractivity contribution < 1.29 is 19.3 Å². The maximum absolute atomic E-state index is 9.07. The summed E-state index contributed by atoms with van der Waals surface area (Å²) >= 11 is 0. The van der Waals surface area contributed by atoms with Crippen molar-refractivity contribution in [3.8, 4) is 0 Å². The van der Waals surface area contributed by atoms with Gasteiger partial charge in [-0.05, 0) is 0 Å². The zero-order valence-corrected chi connectivity index (χ0v) is 6.82. The molecule has 1 fully saturated rings. The first-order chi connectivity index (χ1) is 5.27. The van der Waals surface area contributed by atoms with E-state index in [9.17, 15) is 0 Å². The molecule has 4 heteroatoms. The van der Waals surface area contributed by atoms with Gasteiger partial charge in [0.15, 0.2) is 6.29 Å². The second-order valence-corrected chi connectivity index (χ2v) is 2.57. The monoisotopic (exact) mass is 162 g/mol. The van der Waals surface area contributed by atoms with Crippen molar-refractivity contribution >= 4 is 0 Å². The van der Waals surface area contributed by atoms with Crippen molar-refractivity contribution in [2.45, 2.75) is 24.9 Å². The van der Waals surface area contributed by atoms with Crippen molar-refractivity contribution in [1.29, 1.82) is 0 Å². The fraction of sp³-hybridized carbons (Fsp3) is 1.00. The fourth-order valence-electron chi connectivity index (χ4n) is 1.20. The quantitative estimate of drug-likeness (QED) is 0.608. The molecule has 1 saturated heterocycles. The van der Waals surface area contributed by atoms with Crippen LogP contribution in [0.3, 0.4) is 0 Å². The highest BCUT2D eigenvalue weighted by molar-refractivity contribution is 4.75. The summed E-state index contributed by atoms with van der Waals surface area (Å²) in [6.07, 6.45) is -0.326. The third-order valence-electron chi connectivity index (χ3n) is 1.91. The number of ether oxygens (including phenoxy) is 3. The Balaban J connectivity index is 2.41. The van der Waals surface area contributed by atoms with Crippen LogP contribution in [-0.4, -0.2) is 44.4 Å². The van der Waals surface area contributed by atoms with E-state index in [2.05, 4.69) is 0 Å². The summed E-state index contributed by atoms with van der Waals surface area (Å²) in [6, 6.07) is 0. The molecule has 1 rings (SSSR count). The molecular weight excluding hydrogens is 148 g/mol. The van der Waals surface area contributed by atoms with E-state index in [1.807, 2.05) is 0 Å². The van der Waals surface area contributed by atoms with Gasteiger partial charge in [-0.2, -0.15) is 0 Å². The van der Waals surface area contributed by atoms with Gasteiger partial charge in [0, 0.05) is 20.6 Å². The summed E-state index contributed by atoms with van der Waals surface area (Å²) in [5.41, 5.74) is 0. The van der Waals surface area contributed by atoms with Crippen molar-refractivity contribution in [1.82, 2.24) is 0 Å². The van der Waals surface area contributed by atoms with Crippen molar-refractivity contribution in [3.63, 3.8) is 0 Å². The molecule has 3 atom stereocenters. The first kappa shape index (κ1) is 8.93. The van der Waals surface area contributed by atoms with Gasteiger partial charge >= 0.3 is 0 Å². The average molecular weight is 162 g/mol. The lowest BCUT2D eigenvalue weighted by molar-refractivity contribution is -0.206. The molecule has 1 aliphatic heterocycles. The lowest BCUT2D eigenvalue weighted by Gasteiger charge is -2.31. The van der Waals surface area contributed by atoms with Crippen LogP contribution in [0.5, 0.6) is 0 Å². The summed E-state index contributed by atoms with van der Waals surface area (Å²) in [5, 5.41) is 9.07. The third-order valence-corrected chi connectivity index (χ3v) is 1.91. The van der Waals surface area contributed by atoms with Gasteiger partial charge in [-0.25, -0.2) is 0 Å². The first-order valence-electron chi connectivity index (χ1n) is 3.63. The molecule has 1 heterocycles. The van der Waals surface area contributed by atoms with Gasteiger partial charge in [0.2, 0.25) is 0 Å². The van der Waals surface area contributed by atoms with E-state index in [1.165, 1.54) is 0 Å². The molecule has 0 aromatic heterocycles. The van der Waals surface area contributed by atoms with Crippen LogP contribution in [0.1, 0.15) is 6.42 Å². The van der Waals surface area contributed by atoms with Crippen LogP contribution in [0.2, 0.25) is 0 Å². The molecule has 1 N–H and O–H groups in total. The number of methoxy groups -OCH3 is 2. The average Bonchev–Trinajstić information content (AvgIpc) is 2.04. The molecule has 1 aliphatic rings. The van der Waals surface area contributed by atoms with Crippen LogP contribution < -0.4 is 0 Å². The summed E-state index contributed by atoms with van der Waals surface area (Å²) in [7, 11) is 3.21. The standard InChI is InChI=1S/C7H14O4/c1-9-5-3-7(8)11-4-6(5)10-2/h5-8H,3-4H2,1-2H3/t5-,6+,7-/m1/s1. The number of aliphatic hydroxyl groups is 1. The normalized spacial score (nSPS) is 39.0. The Labute approximate surface area is 66.1 Å². The molecule has 11 heavy (non-hydrogen) atoms. The van der Waals surface area contributed by atoms with Crippen molar-refractivity contribution in [2.24, 2.45) is 0 Å². The predicted octanol–water partition coefficient (Wildman–Crippen LogP) is -0.245. The molecule has 0 aromatic carbocycles. The van der Waals surface area contributed by atoms with E-state index in [0.717, 1.165) is 0 Å². The minimum atomic E-state index is -0.702. The van der Waals surface area contributed by atoms with E-state index in [4.69, 9.17) is 19.3 Å². The largest absolute Gasteiger partial charge is 0.378 e. The van der Waals surface area contributed by atoms with E-state index in [-0.39, 0.29) is 12.2 Å². The molecule has 0 bridgehead atoms. The van der Waals surface area contributed by atoms with Crippen molar-refractivity contribution in [2.75, 3.05) is 20.8 Å². The minimum Gasteiger partial charge on any atom is -0.378 e. The number of hydrogen-bond donors (Lipinski definition) is 1. The van der Waals surface area contributed by atoms with Crippen molar-refractivity contribution in [3.05, 3.63) is 0 Å². The highest BCUT2D eigenvalue weighted by Crippen LogP contribution is 2.16. The number of hydrogen-bond acceptors (Lipinski definition) is 4. The smallest absolute Gasteiger partial charge is 0.157 e. The van der Waals surface area contributed by atoms with Gasteiger partial charge in [0.25, 0.3) is 0 Å². The summed E-state index contributed by atoms with van der Waals surface area (Å²) in [5.74, 6) is 0. The highest BCUT2D eigenvalue weighted by Gasteiger charge is 2.29. The van der Waals surface area contributed by atoms with Crippen LogP contribution in [-0.2, 0) is 14.2 Å². The summed E-state index contributed by atoms with van der Waals surface area (Å²) in [6.45, 7) is 0.399. The lowest BCUT2D eigenvalue weighted by atomic mass is 10.1. The molecule has 4 nitrogen and oxygen atoms in total. The molecule has 0 radical (unpaired) electrons. The predicted molar refractivity (Wildman–Crippen MR) is 38.2 cm³/mol. The minimum absolute atomic E-state index is 0.0521. The zero-order chi connectivity index (χ0) is 8.27. The van der Waals surface area contributed by atoms with E-state index in [0.29, 0.717) is 13.0 Å². The van der Waals surface area contributed by atoms with Gasteiger partial charge in [0.1, 0.15) is 6.10 Å². The van der Waals surface area contributed by atoms with Crippen LogP contribution in [0.25, 0.3) is 0 Å². The Bertz CT molecular complexity index is 117. The fourth-order valence-corrected chi connectivity index (χ4v) is 1.20.